The molecular formula is C16H15N3O4S. The molecule has 0 aromatic heterocycles. The summed E-state index contributed by atoms with van der Waals surface area (Å²) in [6, 6.07) is 14.0. The molecule has 0 aliphatic heterocycles. The van der Waals surface area contributed by atoms with Crippen LogP contribution in [0.25, 0.3) is 0 Å². The molecule has 0 aliphatic carbocycles. The van der Waals surface area contributed by atoms with Gasteiger partial charge >= 0.3 is 0 Å². The molecule has 0 fully saturated rings. The number of benzene rings is 2. The first kappa shape index (κ1) is 17.5. The van der Waals surface area contributed by atoms with Crippen molar-refractivity contribution in [3.05, 3.63) is 54.1 Å². The van der Waals surface area contributed by atoms with Gasteiger partial charge in [-0.3, -0.25) is 4.79 Å². The lowest BCUT2D eigenvalue weighted by molar-refractivity contribution is -0.122. The molecule has 0 radical (unpaired) electrons. The maximum Gasteiger partial charge on any atom is 0.265 e. The minimum Gasteiger partial charge on any atom is -0.480 e. The molecule has 0 saturated heterocycles. The molecule has 0 spiro atoms. The fourth-order valence-corrected chi connectivity index (χ4v) is 2.39. The van der Waals surface area contributed by atoms with E-state index in [2.05, 4.69) is 5.32 Å². The zero-order valence-corrected chi connectivity index (χ0v) is 13.6. The summed E-state index contributed by atoms with van der Waals surface area (Å²) >= 11 is 0. The number of carbonyl (C=O) groups is 1. The Morgan fingerprint density at radius 1 is 1.21 bits per heavy atom. The van der Waals surface area contributed by atoms with Crippen LogP contribution in [0, 0.1) is 11.3 Å². The molecule has 0 aliphatic rings. The first-order valence-electron chi connectivity index (χ1n) is 6.91. The normalized spacial score (nSPS) is 12.0. The van der Waals surface area contributed by atoms with Crippen LogP contribution in [0.3, 0.4) is 0 Å². The highest BCUT2D eigenvalue weighted by Gasteiger charge is 2.17. The zero-order chi connectivity index (χ0) is 17.7. The van der Waals surface area contributed by atoms with Crippen LogP contribution in [0.5, 0.6) is 5.75 Å². The molecule has 2 rings (SSSR count). The molecule has 0 heterocycles. The quantitative estimate of drug-likeness (QED) is 0.852. The molecule has 124 valence electrons. The van der Waals surface area contributed by atoms with Crippen molar-refractivity contribution >= 4 is 21.6 Å². The average Bonchev–Trinajstić information content (AvgIpc) is 2.55. The second kappa shape index (κ2) is 7.12. The van der Waals surface area contributed by atoms with Crippen molar-refractivity contribution in [3.63, 3.8) is 0 Å². The van der Waals surface area contributed by atoms with E-state index in [1.54, 1.807) is 31.2 Å². The number of hydrogen-bond acceptors (Lipinski definition) is 5. The molecule has 0 bridgehead atoms. The van der Waals surface area contributed by atoms with E-state index in [0.717, 1.165) is 0 Å². The molecule has 2 aromatic rings. The summed E-state index contributed by atoms with van der Waals surface area (Å²) in [4.78, 5) is 12.1. The number of carbonyl (C=O) groups excluding carboxylic acids is 1. The van der Waals surface area contributed by atoms with Gasteiger partial charge < -0.3 is 10.1 Å². The Labute approximate surface area is 139 Å². The van der Waals surface area contributed by atoms with Crippen molar-refractivity contribution < 1.29 is 17.9 Å². The van der Waals surface area contributed by atoms with E-state index in [0.29, 0.717) is 17.0 Å². The smallest absolute Gasteiger partial charge is 0.265 e. The molecule has 24 heavy (non-hydrogen) atoms. The Hall–Kier alpha value is -2.89. The average molecular weight is 345 g/mol. The van der Waals surface area contributed by atoms with Gasteiger partial charge in [0.05, 0.1) is 10.5 Å². The number of rotatable bonds is 5. The minimum absolute atomic E-state index is 0.0484. The highest BCUT2D eigenvalue weighted by molar-refractivity contribution is 7.89. The first-order chi connectivity index (χ1) is 11.3. The van der Waals surface area contributed by atoms with Crippen molar-refractivity contribution in [3.8, 4) is 11.8 Å². The van der Waals surface area contributed by atoms with E-state index in [1.165, 1.54) is 24.3 Å². The summed E-state index contributed by atoms with van der Waals surface area (Å²) in [6.45, 7) is 1.54. The number of anilines is 1. The van der Waals surface area contributed by atoms with E-state index in [9.17, 15) is 13.2 Å². The lowest BCUT2D eigenvalue weighted by Gasteiger charge is -2.15. The van der Waals surface area contributed by atoms with Gasteiger partial charge in [-0.1, -0.05) is 12.1 Å². The number of hydrogen-bond donors (Lipinski definition) is 2. The van der Waals surface area contributed by atoms with Gasteiger partial charge in [0, 0.05) is 5.69 Å². The van der Waals surface area contributed by atoms with Crippen LogP contribution in [-0.4, -0.2) is 20.4 Å². The molecule has 8 heteroatoms. The topological polar surface area (TPSA) is 122 Å². The zero-order valence-electron chi connectivity index (χ0n) is 12.8. The van der Waals surface area contributed by atoms with Gasteiger partial charge in [-0.2, -0.15) is 5.26 Å². The molecular weight excluding hydrogens is 330 g/mol. The van der Waals surface area contributed by atoms with Gasteiger partial charge in [0.25, 0.3) is 5.91 Å². The Morgan fingerprint density at radius 3 is 2.42 bits per heavy atom. The van der Waals surface area contributed by atoms with Crippen LogP contribution < -0.4 is 15.2 Å². The fourth-order valence-electron chi connectivity index (χ4n) is 1.88. The molecule has 1 amide bonds. The number of nitrogens with two attached hydrogens (primary N) is 1. The van der Waals surface area contributed by atoms with Crippen LogP contribution >= 0.6 is 0 Å². The van der Waals surface area contributed by atoms with Crippen LogP contribution in [0.1, 0.15) is 12.5 Å². The second-order valence-electron chi connectivity index (χ2n) is 4.93. The Kier molecular flexibility index (Phi) is 5.18. The number of primary sulfonamides is 1. The third-order valence-electron chi connectivity index (χ3n) is 3.13. The summed E-state index contributed by atoms with van der Waals surface area (Å²) in [5.74, 6) is -0.127. The van der Waals surface area contributed by atoms with Crippen LogP contribution in [-0.2, 0) is 14.8 Å². The summed E-state index contributed by atoms with van der Waals surface area (Å²) in [6.07, 6.45) is -0.850. The molecule has 1 atom stereocenters. The predicted octanol–water partition coefficient (Wildman–Crippen LogP) is 1.61. The fraction of sp³-hybridized carbons (Fsp3) is 0.125. The highest BCUT2D eigenvalue weighted by atomic mass is 32.2. The summed E-state index contributed by atoms with van der Waals surface area (Å²) < 4.78 is 27.9. The van der Waals surface area contributed by atoms with E-state index in [1.807, 2.05) is 6.07 Å². The summed E-state index contributed by atoms with van der Waals surface area (Å²) in [7, 11) is -3.78. The van der Waals surface area contributed by atoms with E-state index in [4.69, 9.17) is 15.1 Å². The van der Waals surface area contributed by atoms with E-state index < -0.39 is 22.0 Å². The third kappa shape index (κ3) is 4.32. The second-order valence-corrected chi connectivity index (χ2v) is 6.49. The van der Waals surface area contributed by atoms with Gasteiger partial charge in [0.2, 0.25) is 10.0 Å². The first-order valence-corrected chi connectivity index (χ1v) is 8.45. The van der Waals surface area contributed by atoms with Gasteiger partial charge in [-0.15, -0.1) is 0 Å². The van der Waals surface area contributed by atoms with Crippen molar-refractivity contribution in [2.45, 2.75) is 17.9 Å². The lowest BCUT2D eigenvalue weighted by atomic mass is 10.2. The van der Waals surface area contributed by atoms with Crippen LogP contribution in [0.4, 0.5) is 5.69 Å². The molecule has 3 N–H and O–H groups in total. The van der Waals surface area contributed by atoms with Crippen molar-refractivity contribution in [2.75, 3.05) is 5.32 Å². The van der Waals surface area contributed by atoms with Gasteiger partial charge in [-0.25, -0.2) is 13.6 Å². The monoisotopic (exact) mass is 345 g/mol. The minimum atomic E-state index is -3.78. The standard InChI is InChI=1S/C16H15N3O4S/c1-11(23-15-5-3-2-4-12(15)10-17)16(20)19-13-6-8-14(9-7-13)24(18,21)22/h2-9,11H,1H3,(H,19,20)(H2,18,21,22). The van der Waals surface area contributed by atoms with Crippen molar-refractivity contribution in [1.82, 2.24) is 0 Å². The number of sulfonamides is 1. The SMILES string of the molecule is CC(Oc1ccccc1C#N)C(=O)Nc1ccc(S(N)(=O)=O)cc1. The van der Waals surface area contributed by atoms with E-state index >= 15 is 0 Å². The van der Waals surface area contributed by atoms with Crippen LogP contribution in [0.15, 0.2) is 53.4 Å². The third-order valence-corrected chi connectivity index (χ3v) is 4.06. The summed E-state index contributed by atoms with van der Waals surface area (Å²) in [5.41, 5.74) is 0.728. The lowest BCUT2D eigenvalue weighted by Crippen LogP contribution is -2.30. The van der Waals surface area contributed by atoms with Gasteiger partial charge in [-0.05, 0) is 43.3 Å². The van der Waals surface area contributed by atoms with E-state index in [-0.39, 0.29) is 4.90 Å². The molecule has 0 saturated carbocycles. The largest absolute Gasteiger partial charge is 0.480 e. The number of nitriles is 1. The molecule has 1 unspecified atom stereocenters. The number of ether oxygens (including phenoxy) is 1. The highest BCUT2D eigenvalue weighted by Crippen LogP contribution is 2.19. The molecule has 7 nitrogen and oxygen atoms in total. The van der Waals surface area contributed by atoms with Gasteiger partial charge in [0.1, 0.15) is 11.8 Å². The molecule has 2 aromatic carbocycles. The Bertz CT molecular complexity index is 886. The Morgan fingerprint density at radius 2 is 1.83 bits per heavy atom. The van der Waals surface area contributed by atoms with Crippen LogP contribution in [0.2, 0.25) is 0 Å². The Balaban J connectivity index is 2.05. The number of nitrogens with zero attached hydrogens (tertiary/aromatic N) is 1. The maximum atomic E-state index is 12.1. The summed E-state index contributed by atoms with van der Waals surface area (Å²) in [5, 5.41) is 16.6. The van der Waals surface area contributed by atoms with Crippen molar-refractivity contribution in [2.24, 2.45) is 5.14 Å². The number of amides is 1. The number of para-hydroxylation sites is 1. The predicted molar refractivity (Wildman–Crippen MR) is 87.7 cm³/mol. The maximum absolute atomic E-state index is 12.1. The number of nitrogens with one attached hydrogen (secondary N) is 1. The van der Waals surface area contributed by atoms with Gasteiger partial charge in [0.15, 0.2) is 6.10 Å². The van der Waals surface area contributed by atoms with Crippen molar-refractivity contribution in [1.29, 1.82) is 5.26 Å².